The van der Waals surface area contributed by atoms with Gasteiger partial charge in [-0.2, -0.15) is 8.42 Å². The van der Waals surface area contributed by atoms with Gasteiger partial charge in [-0.15, -0.1) is 0 Å². The number of phenolic OH excluding ortho intramolecular Hbond substituents is 2. The Morgan fingerprint density at radius 3 is 2.60 bits per heavy atom. The van der Waals surface area contributed by atoms with Crippen molar-refractivity contribution in [1.82, 2.24) is 5.32 Å². The average molecular weight is 337 g/mol. The molecule has 1 aromatic rings. The van der Waals surface area contributed by atoms with Gasteiger partial charge in [0.1, 0.15) is 4.32 Å². The van der Waals surface area contributed by atoms with Crippen LogP contribution in [0.4, 0.5) is 0 Å². The smallest absolute Gasteiger partial charge is 0.265 e. The normalized spacial score (nSPS) is 11.2. The highest BCUT2D eigenvalue weighted by molar-refractivity contribution is 8.23. The molecule has 0 saturated carbocycles. The van der Waals surface area contributed by atoms with E-state index in [9.17, 15) is 13.5 Å². The van der Waals surface area contributed by atoms with Gasteiger partial charge in [-0.25, -0.2) is 0 Å². The van der Waals surface area contributed by atoms with E-state index >= 15 is 0 Å². The monoisotopic (exact) mass is 337 g/mol. The lowest BCUT2D eigenvalue weighted by Gasteiger charge is -2.07. The van der Waals surface area contributed by atoms with Gasteiger partial charge in [-0.1, -0.05) is 30.0 Å². The SMILES string of the molecule is O=S(=O)(O)CCSC(=S)NCCc1ccc(O)c(O)c1. The minimum Gasteiger partial charge on any atom is -0.504 e. The molecule has 0 atom stereocenters. The first-order valence-electron chi connectivity index (χ1n) is 5.64. The minimum absolute atomic E-state index is 0.169. The Labute approximate surface area is 127 Å². The number of aromatic hydroxyl groups is 2. The first-order chi connectivity index (χ1) is 9.28. The molecule has 0 heterocycles. The van der Waals surface area contributed by atoms with Crippen molar-refractivity contribution in [2.75, 3.05) is 18.1 Å². The third-order valence-corrected chi connectivity index (χ3v) is 4.59. The molecule has 0 amide bonds. The van der Waals surface area contributed by atoms with Crippen LogP contribution in [-0.2, 0) is 16.5 Å². The van der Waals surface area contributed by atoms with Crippen molar-refractivity contribution in [3.63, 3.8) is 0 Å². The molecular formula is C11H15NO5S3. The van der Waals surface area contributed by atoms with Crippen LogP contribution in [0.5, 0.6) is 11.5 Å². The van der Waals surface area contributed by atoms with Crippen molar-refractivity contribution < 1.29 is 23.2 Å². The van der Waals surface area contributed by atoms with Crippen LogP contribution in [-0.4, -0.2) is 45.6 Å². The second-order valence-corrected chi connectivity index (χ2v) is 7.27. The zero-order valence-electron chi connectivity index (χ0n) is 10.4. The first kappa shape index (κ1) is 17.0. The van der Waals surface area contributed by atoms with Crippen molar-refractivity contribution in [2.24, 2.45) is 0 Å². The third kappa shape index (κ3) is 6.94. The van der Waals surface area contributed by atoms with Crippen LogP contribution in [0.1, 0.15) is 5.56 Å². The molecule has 4 N–H and O–H groups in total. The summed E-state index contributed by atoms with van der Waals surface area (Å²) >= 11 is 6.13. The number of hydrogen-bond acceptors (Lipinski definition) is 6. The summed E-state index contributed by atoms with van der Waals surface area (Å²) in [4.78, 5) is 0. The summed E-state index contributed by atoms with van der Waals surface area (Å²) in [5, 5.41) is 21.4. The van der Waals surface area contributed by atoms with Gasteiger partial charge in [0.05, 0.1) is 5.75 Å². The van der Waals surface area contributed by atoms with E-state index in [0.717, 1.165) is 17.3 Å². The lowest BCUT2D eigenvalue weighted by Crippen LogP contribution is -2.22. The number of nitrogens with one attached hydrogen (secondary N) is 1. The van der Waals surface area contributed by atoms with E-state index in [0.29, 0.717) is 17.3 Å². The highest BCUT2D eigenvalue weighted by Crippen LogP contribution is 2.24. The molecule has 0 aliphatic rings. The Morgan fingerprint density at radius 2 is 2.00 bits per heavy atom. The van der Waals surface area contributed by atoms with Gasteiger partial charge in [0.2, 0.25) is 0 Å². The fraction of sp³-hybridized carbons (Fsp3) is 0.364. The Kier molecular flexibility index (Phi) is 6.53. The molecule has 0 fully saturated rings. The minimum atomic E-state index is -3.95. The number of phenols is 2. The van der Waals surface area contributed by atoms with Crippen molar-refractivity contribution in [2.45, 2.75) is 6.42 Å². The molecule has 0 saturated heterocycles. The van der Waals surface area contributed by atoms with Gasteiger partial charge >= 0.3 is 0 Å². The maximum absolute atomic E-state index is 10.5. The van der Waals surface area contributed by atoms with Crippen molar-refractivity contribution in [3.05, 3.63) is 23.8 Å². The van der Waals surface area contributed by atoms with Crippen LogP contribution in [0.2, 0.25) is 0 Å². The molecule has 0 aromatic heterocycles. The predicted molar refractivity (Wildman–Crippen MR) is 82.9 cm³/mol. The summed E-state index contributed by atoms with van der Waals surface area (Å²) in [5.41, 5.74) is 0.832. The van der Waals surface area contributed by atoms with Crippen LogP contribution in [0.25, 0.3) is 0 Å². The van der Waals surface area contributed by atoms with Crippen molar-refractivity contribution in [1.29, 1.82) is 0 Å². The zero-order valence-corrected chi connectivity index (χ0v) is 12.9. The third-order valence-electron chi connectivity index (χ3n) is 2.30. The molecule has 0 spiro atoms. The van der Waals surface area contributed by atoms with Crippen LogP contribution < -0.4 is 5.32 Å². The summed E-state index contributed by atoms with van der Waals surface area (Å²) in [6.45, 7) is 0.516. The number of thioether (sulfide) groups is 1. The largest absolute Gasteiger partial charge is 0.504 e. The molecule has 0 bridgehead atoms. The Hall–Kier alpha value is -1.03. The number of rotatable bonds is 6. The highest BCUT2D eigenvalue weighted by Gasteiger charge is 2.06. The van der Waals surface area contributed by atoms with Crippen LogP contribution >= 0.6 is 24.0 Å². The van der Waals surface area contributed by atoms with Crippen LogP contribution in [0.3, 0.4) is 0 Å². The maximum Gasteiger partial charge on any atom is 0.265 e. The van der Waals surface area contributed by atoms with E-state index < -0.39 is 10.1 Å². The quantitative estimate of drug-likeness (QED) is 0.348. The highest BCUT2D eigenvalue weighted by atomic mass is 32.2. The van der Waals surface area contributed by atoms with Gasteiger partial charge < -0.3 is 15.5 Å². The Balaban J connectivity index is 2.26. The van der Waals surface area contributed by atoms with E-state index in [1.807, 2.05) is 0 Å². The second-order valence-electron chi connectivity index (χ2n) is 3.92. The number of benzene rings is 1. The predicted octanol–water partition coefficient (Wildman–Crippen LogP) is 1.14. The maximum atomic E-state index is 10.5. The van der Waals surface area contributed by atoms with E-state index in [1.165, 1.54) is 12.1 Å². The number of thiocarbonyl (C=S) groups is 1. The Bertz CT molecular complexity index is 573. The lowest BCUT2D eigenvalue weighted by atomic mass is 10.1. The van der Waals surface area contributed by atoms with E-state index in [4.69, 9.17) is 21.9 Å². The molecule has 20 heavy (non-hydrogen) atoms. The van der Waals surface area contributed by atoms with E-state index in [2.05, 4.69) is 5.32 Å². The molecule has 0 aliphatic carbocycles. The van der Waals surface area contributed by atoms with Crippen LogP contribution in [0, 0.1) is 0 Å². The Morgan fingerprint density at radius 1 is 1.30 bits per heavy atom. The van der Waals surface area contributed by atoms with Crippen LogP contribution in [0.15, 0.2) is 18.2 Å². The molecule has 0 aliphatic heterocycles. The molecule has 112 valence electrons. The molecule has 9 heteroatoms. The molecule has 6 nitrogen and oxygen atoms in total. The summed E-state index contributed by atoms with van der Waals surface area (Å²) < 4.78 is 30.0. The summed E-state index contributed by atoms with van der Waals surface area (Å²) in [6.07, 6.45) is 0.590. The van der Waals surface area contributed by atoms with E-state index in [-0.39, 0.29) is 23.0 Å². The topological polar surface area (TPSA) is 107 Å². The van der Waals surface area contributed by atoms with Gasteiger partial charge in [0.25, 0.3) is 10.1 Å². The second kappa shape index (κ2) is 7.67. The molecule has 0 unspecified atom stereocenters. The summed E-state index contributed by atoms with van der Waals surface area (Å²) in [6, 6.07) is 4.56. The molecule has 0 radical (unpaired) electrons. The zero-order chi connectivity index (χ0) is 15.2. The van der Waals surface area contributed by atoms with Crippen molar-refractivity contribution >= 4 is 38.4 Å². The van der Waals surface area contributed by atoms with Gasteiger partial charge in [0, 0.05) is 12.3 Å². The van der Waals surface area contributed by atoms with E-state index in [1.54, 1.807) is 6.07 Å². The molecule has 1 aromatic carbocycles. The molecule has 1 rings (SSSR count). The fourth-order valence-corrected chi connectivity index (χ4v) is 3.24. The summed E-state index contributed by atoms with van der Waals surface area (Å²) in [5.74, 6) is -0.499. The fourth-order valence-electron chi connectivity index (χ4n) is 1.32. The first-order valence-corrected chi connectivity index (χ1v) is 8.65. The lowest BCUT2D eigenvalue weighted by molar-refractivity contribution is 0.403. The average Bonchev–Trinajstić information content (AvgIpc) is 2.32. The standard InChI is InChI=1S/C11H15NO5S3/c13-9-2-1-8(7-10(9)14)3-4-12-11(18)19-5-6-20(15,16)17/h1-2,7,13-14H,3-6H2,(H,12,18)(H,15,16,17). The van der Waals surface area contributed by atoms with Gasteiger partial charge in [-0.3, -0.25) is 4.55 Å². The van der Waals surface area contributed by atoms with Crippen molar-refractivity contribution in [3.8, 4) is 11.5 Å². The summed E-state index contributed by atoms with van der Waals surface area (Å²) in [7, 11) is -3.95. The number of hydrogen-bond donors (Lipinski definition) is 4. The molecular weight excluding hydrogens is 322 g/mol. The van der Waals surface area contributed by atoms with Gasteiger partial charge in [-0.05, 0) is 24.1 Å². The van der Waals surface area contributed by atoms with Gasteiger partial charge in [0.15, 0.2) is 11.5 Å².